The number of likely N-dealkylation sites (tertiary alicyclic amines) is 2. The molecule has 2 unspecified atom stereocenters. The molecule has 4 rings (SSSR count). The summed E-state index contributed by atoms with van der Waals surface area (Å²) in [6.45, 7) is 9.44. The predicted molar refractivity (Wildman–Crippen MR) is 97.5 cm³/mol. The zero-order valence-electron chi connectivity index (χ0n) is 15.2. The van der Waals surface area contributed by atoms with Gasteiger partial charge < -0.3 is 14.7 Å². The lowest BCUT2D eigenvalue weighted by atomic mass is 10.0. The summed E-state index contributed by atoms with van der Waals surface area (Å²) in [5.41, 5.74) is 1.03. The predicted octanol–water partition coefficient (Wildman–Crippen LogP) is 1.56. The minimum Gasteiger partial charge on any atom is -0.356 e. The number of rotatable bonds is 4. The van der Waals surface area contributed by atoms with Gasteiger partial charge in [-0.3, -0.25) is 4.79 Å². The van der Waals surface area contributed by atoms with Crippen molar-refractivity contribution in [1.82, 2.24) is 19.8 Å². The van der Waals surface area contributed by atoms with E-state index in [-0.39, 0.29) is 0 Å². The molecular formula is C19H29N5O. The second-order valence-corrected chi connectivity index (χ2v) is 7.89. The van der Waals surface area contributed by atoms with Gasteiger partial charge in [-0.25, -0.2) is 9.97 Å². The third-order valence-electron chi connectivity index (χ3n) is 6.03. The first kappa shape index (κ1) is 16.8. The fourth-order valence-corrected chi connectivity index (χ4v) is 4.61. The van der Waals surface area contributed by atoms with Crippen LogP contribution in [0.25, 0.3) is 0 Å². The fourth-order valence-electron chi connectivity index (χ4n) is 4.61. The van der Waals surface area contributed by atoms with Crippen LogP contribution in [0.5, 0.6) is 0 Å². The van der Waals surface area contributed by atoms with Crippen molar-refractivity contribution in [2.45, 2.75) is 32.6 Å². The number of amides is 1. The second kappa shape index (κ2) is 7.28. The van der Waals surface area contributed by atoms with Gasteiger partial charge in [0.15, 0.2) is 0 Å². The maximum Gasteiger partial charge on any atom is 0.222 e. The molecule has 0 radical (unpaired) electrons. The van der Waals surface area contributed by atoms with E-state index in [9.17, 15) is 4.79 Å². The van der Waals surface area contributed by atoms with Crippen molar-refractivity contribution in [3.63, 3.8) is 0 Å². The smallest absolute Gasteiger partial charge is 0.222 e. The molecule has 0 N–H and O–H groups in total. The molecule has 3 aliphatic heterocycles. The molecule has 0 spiro atoms. The molecule has 6 nitrogen and oxygen atoms in total. The molecule has 6 heteroatoms. The van der Waals surface area contributed by atoms with Crippen LogP contribution in [0.2, 0.25) is 0 Å². The maximum absolute atomic E-state index is 12.1. The summed E-state index contributed by atoms with van der Waals surface area (Å²) in [6, 6.07) is 2.09. The summed E-state index contributed by atoms with van der Waals surface area (Å²) in [4.78, 5) is 27.8. The third kappa shape index (κ3) is 3.78. The molecule has 0 bridgehead atoms. The van der Waals surface area contributed by atoms with Crippen molar-refractivity contribution in [1.29, 1.82) is 0 Å². The Balaban J connectivity index is 1.27. The highest BCUT2D eigenvalue weighted by Gasteiger charge is 2.40. The molecule has 1 aromatic rings. The Bertz CT molecular complexity index is 608. The van der Waals surface area contributed by atoms with Crippen LogP contribution in [0.4, 0.5) is 5.82 Å². The molecule has 2 atom stereocenters. The Labute approximate surface area is 150 Å². The van der Waals surface area contributed by atoms with Crippen molar-refractivity contribution in [3.05, 3.63) is 18.1 Å². The zero-order valence-corrected chi connectivity index (χ0v) is 15.2. The average molecular weight is 343 g/mol. The van der Waals surface area contributed by atoms with Crippen LogP contribution >= 0.6 is 0 Å². The van der Waals surface area contributed by atoms with Gasteiger partial charge in [-0.05, 0) is 31.6 Å². The maximum atomic E-state index is 12.1. The Hall–Kier alpha value is -1.69. The summed E-state index contributed by atoms with van der Waals surface area (Å²) in [6.07, 6.45) is 5.86. The molecule has 0 aliphatic carbocycles. The normalized spacial score (nSPS) is 27.6. The van der Waals surface area contributed by atoms with Crippen LogP contribution in [0, 0.1) is 18.8 Å². The van der Waals surface area contributed by atoms with E-state index in [1.807, 2.05) is 6.92 Å². The van der Waals surface area contributed by atoms with Crippen molar-refractivity contribution >= 4 is 11.7 Å². The lowest BCUT2D eigenvalue weighted by molar-refractivity contribution is -0.130. The van der Waals surface area contributed by atoms with E-state index in [0.29, 0.717) is 5.91 Å². The van der Waals surface area contributed by atoms with Crippen molar-refractivity contribution in [2.24, 2.45) is 11.8 Å². The molecule has 3 saturated heterocycles. The third-order valence-corrected chi connectivity index (χ3v) is 6.03. The van der Waals surface area contributed by atoms with Gasteiger partial charge in [0.05, 0.1) is 0 Å². The molecule has 1 aromatic heterocycles. The van der Waals surface area contributed by atoms with E-state index < -0.39 is 0 Å². The first-order chi connectivity index (χ1) is 12.2. The summed E-state index contributed by atoms with van der Waals surface area (Å²) < 4.78 is 0. The van der Waals surface area contributed by atoms with Crippen molar-refractivity contribution in [3.8, 4) is 0 Å². The highest BCUT2D eigenvalue weighted by Crippen LogP contribution is 2.33. The van der Waals surface area contributed by atoms with E-state index >= 15 is 0 Å². The summed E-state index contributed by atoms with van der Waals surface area (Å²) in [7, 11) is 0. The number of hydrogen-bond donors (Lipinski definition) is 0. The van der Waals surface area contributed by atoms with Gasteiger partial charge in [-0.15, -0.1) is 0 Å². The first-order valence-electron chi connectivity index (χ1n) is 9.73. The summed E-state index contributed by atoms with van der Waals surface area (Å²) >= 11 is 0. The van der Waals surface area contributed by atoms with E-state index in [1.54, 1.807) is 6.33 Å². The van der Waals surface area contributed by atoms with E-state index in [0.717, 1.165) is 82.0 Å². The highest BCUT2D eigenvalue weighted by atomic mass is 16.2. The van der Waals surface area contributed by atoms with Gasteiger partial charge in [-0.2, -0.15) is 0 Å². The van der Waals surface area contributed by atoms with Gasteiger partial charge in [-0.1, -0.05) is 6.42 Å². The molecule has 25 heavy (non-hydrogen) atoms. The standard InChI is InChI=1S/C19H29N5O/c1-15-9-18(21-14-20-15)24-12-16-10-22(11-17(16)13-24)7-8-23-6-4-2-3-5-19(23)25/h9,14,16-17H,2-8,10-13H2,1H3. The van der Waals surface area contributed by atoms with Crippen LogP contribution in [-0.2, 0) is 4.79 Å². The number of carbonyl (C=O) groups excluding carboxylic acids is 1. The van der Waals surface area contributed by atoms with Crippen LogP contribution in [-0.4, -0.2) is 71.5 Å². The fraction of sp³-hybridized carbons (Fsp3) is 0.737. The average Bonchev–Trinajstić information content (AvgIpc) is 3.08. The Morgan fingerprint density at radius 1 is 1.04 bits per heavy atom. The van der Waals surface area contributed by atoms with Crippen LogP contribution in [0.3, 0.4) is 0 Å². The first-order valence-corrected chi connectivity index (χ1v) is 9.73. The van der Waals surface area contributed by atoms with Gasteiger partial charge >= 0.3 is 0 Å². The van der Waals surface area contributed by atoms with Crippen molar-refractivity contribution in [2.75, 3.05) is 50.7 Å². The summed E-state index contributed by atoms with van der Waals surface area (Å²) in [5.74, 6) is 2.90. The van der Waals surface area contributed by atoms with Gasteiger partial charge in [0, 0.05) is 64.0 Å². The molecule has 3 fully saturated rings. The molecule has 4 heterocycles. The van der Waals surface area contributed by atoms with Crippen LogP contribution in [0.1, 0.15) is 31.4 Å². The lowest BCUT2D eigenvalue weighted by Crippen LogP contribution is -2.38. The minimum absolute atomic E-state index is 0.363. The largest absolute Gasteiger partial charge is 0.356 e. The number of anilines is 1. The number of aryl methyl sites for hydroxylation is 1. The number of aromatic nitrogens is 2. The van der Waals surface area contributed by atoms with E-state index in [1.165, 1.54) is 12.8 Å². The topological polar surface area (TPSA) is 52.6 Å². The van der Waals surface area contributed by atoms with Gasteiger partial charge in [0.2, 0.25) is 5.91 Å². The Morgan fingerprint density at radius 3 is 2.60 bits per heavy atom. The molecule has 0 aromatic carbocycles. The van der Waals surface area contributed by atoms with Gasteiger partial charge in [0.1, 0.15) is 12.1 Å². The second-order valence-electron chi connectivity index (χ2n) is 7.89. The molecule has 0 saturated carbocycles. The minimum atomic E-state index is 0.363. The molecular weight excluding hydrogens is 314 g/mol. The van der Waals surface area contributed by atoms with E-state index in [2.05, 4.69) is 30.7 Å². The van der Waals surface area contributed by atoms with Crippen molar-refractivity contribution < 1.29 is 4.79 Å². The van der Waals surface area contributed by atoms with Crippen LogP contribution in [0.15, 0.2) is 12.4 Å². The monoisotopic (exact) mass is 343 g/mol. The number of fused-ring (bicyclic) bond motifs is 1. The molecule has 1 amide bonds. The lowest BCUT2D eigenvalue weighted by Gasteiger charge is -2.26. The number of hydrogen-bond acceptors (Lipinski definition) is 5. The SMILES string of the molecule is Cc1cc(N2CC3CN(CCN4CCCCCC4=O)CC3C2)ncn1. The Kier molecular flexibility index (Phi) is 4.88. The van der Waals surface area contributed by atoms with Gasteiger partial charge in [0.25, 0.3) is 0 Å². The molecule has 3 aliphatic rings. The molecule has 136 valence electrons. The van der Waals surface area contributed by atoms with E-state index in [4.69, 9.17) is 0 Å². The Morgan fingerprint density at radius 2 is 1.84 bits per heavy atom. The zero-order chi connectivity index (χ0) is 17.2. The number of carbonyl (C=O) groups is 1. The summed E-state index contributed by atoms with van der Waals surface area (Å²) in [5, 5.41) is 0. The number of nitrogens with zero attached hydrogens (tertiary/aromatic N) is 5. The van der Waals surface area contributed by atoms with Crippen LogP contribution < -0.4 is 4.90 Å². The quantitative estimate of drug-likeness (QED) is 0.830. The highest BCUT2D eigenvalue weighted by molar-refractivity contribution is 5.76.